The number of alkyl halides is 2. The minimum Gasteiger partial charge on any atom is -0.372 e. The van der Waals surface area contributed by atoms with Crippen molar-refractivity contribution in [3.63, 3.8) is 0 Å². The molecule has 142 valence electrons. The van der Waals surface area contributed by atoms with Gasteiger partial charge in [0.05, 0.1) is 12.2 Å². The Hall–Kier alpha value is -2.36. The van der Waals surface area contributed by atoms with Crippen LogP contribution < -0.4 is 5.32 Å². The Balaban J connectivity index is 1.82. The molecular formula is C16H22F2N6O2. The van der Waals surface area contributed by atoms with Gasteiger partial charge in [0.2, 0.25) is 5.91 Å². The summed E-state index contributed by atoms with van der Waals surface area (Å²) in [6.07, 6.45) is -1.54. The van der Waals surface area contributed by atoms with E-state index in [0.717, 1.165) is 0 Å². The quantitative estimate of drug-likeness (QED) is 0.885. The van der Waals surface area contributed by atoms with Crippen molar-refractivity contribution in [3.05, 3.63) is 12.2 Å². The number of anilines is 1. The minimum absolute atomic E-state index is 0.0370. The second-order valence-electron chi connectivity index (χ2n) is 6.59. The molecule has 0 spiro atoms. The third kappa shape index (κ3) is 3.46. The second kappa shape index (κ2) is 7.10. The SMILES string of the molecule is C[C@@H]1CN(C(=O)[C@H](C)Nc2ncnc3c2nc(C(F)F)n3C)C[C@H](C)O1. The maximum atomic E-state index is 13.1. The fourth-order valence-corrected chi connectivity index (χ4v) is 3.22. The van der Waals surface area contributed by atoms with E-state index in [-0.39, 0.29) is 35.1 Å². The van der Waals surface area contributed by atoms with Crippen LogP contribution in [0.25, 0.3) is 11.2 Å². The molecular weight excluding hydrogens is 346 g/mol. The summed E-state index contributed by atoms with van der Waals surface area (Å²) in [6.45, 7) is 6.56. The summed E-state index contributed by atoms with van der Waals surface area (Å²) in [5.74, 6) is -0.241. The van der Waals surface area contributed by atoms with Crippen molar-refractivity contribution < 1.29 is 18.3 Å². The highest BCUT2D eigenvalue weighted by molar-refractivity contribution is 5.89. The van der Waals surface area contributed by atoms with Gasteiger partial charge in [-0.1, -0.05) is 0 Å². The molecule has 0 bridgehead atoms. The molecule has 1 fully saturated rings. The molecule has 3 heterocycles. The molecule has 26 heavy (non-hydrogen) atoms. The van der Waals surface area contributed by atoms with E-state index in [1.165, 1.54) is 17.9 Å². The number of halogens is 2. The third-order valence-electron chi connectivity index (χ3n) is 4.34. The number of amides is 1. The summed E-state index contributed by atoms with van der Waals surface area (Å²) >= 11 is 0. The van der Waals surface area contributed by atoms with Crippen molar-refractivity contribution in [1.82, 2.24) is 24.4 Å². The number of rotatable bonds is 4. The first kappa shape index (κ1) is 18.4. The molecule has 1 saturated heterocycles. The Kier molecular flexibility index (Phi) is 5.03. The van der Waals surface area contributed by atoms with Gasteiger partial charge in [0.25, 0.3) is 6.43 Å². The molecule has 8 nitrogen and oxygen atoms in total. The summed E-state index contributed by atoms with van der Waals surface area (Å²) in [7, 11) is 1.47. The molecule has 1 amide bonds. The Labute approximate surface area is 149 Å². The van der Waals surface area contributed by atoms with Crippen LogP contribution >= 0.6 is 0 Å². The first-order valence-electron chi connectivity index (χ1n) is 8.44. The van der Waals surface area contributed by atoms with E-state index in [0.29, 0.717) is 13.1 Å². The summed E-state index contributed by atoms with van der Waals surface area (Å²) < 4.78 is 33.0. The van der Waals surface area contributed by atoms with Crippen molar-refractivity contribution in [2.45, 2.75) is 45.4 Å². The van der Waals surface area contributed by atoms with Crippen molar-refractivity contribution >= 4 is 22.9 Å². The lowest BCUT2D eigenvalue weighted by Crippen LogP contribution is -2.52. The fraction of sp³-hybridized carbons (Fsp3) is 0.625. The molecule has 0 radical (unpaired) electrons. The fourth-order valence-electron chi connectivity index (χ4n) is 3.22. The van der Waals surface area contributed by atoms with E-state index in [1.54, 1.807) is 11.8 Å². The Morgan fingerprint density at radius 3 is 2.58 bits per heavy atom. The zero-order valence-electron chi connectivity index (χ0n) is 15.1. The van der Waals surface area contributed by atoms with E-state index < -0.39 is 18.3 Å². The molecule has 1 aliphatic heterocycles. The monoisotopic (exact) mass is 368 g/mol. The number of morpholine rings is 1. The maximum absolute atomic E-state index is 13.1. The molecule has 10 heteroatoms. The molecule has 1 N–H and O–H groups in total. The van der Waals surface area contributed by atoms with Gasteiger partial charge in [-0.15, -0.1) is 0 Å². The molecule has 2 aromatic heterocycles. The molecule has 2 aromatic rings. The normalized spacial score (nSPS) is 22.0. The zero-order valence-corrected chi connectivity index (χ0v) is 15.1. The van der Waals surface area contributed by atoms with Crippen LogP contribution in [0.15, 0.2) is 6.33 Å². The average molecular weight is 368 g/mol. The highest BCUT2D eigenvalue weighted by atomic mass is 19.3. The van der Waals surface area contributed by atoms with Crippen LogP contribution in [0.1, 0.15) is 33.0 Å². The average Bonchev–Trinajstić information content (AvgIpc) is 2.91. The zero-order chi connectivity index (χ0) is 19.0. The van der Waals surface area contributed by atoms with Gasteiger partial charge in [0.15, 0.2) is 22.8 Å². The third-order valence-corrected chi connectivity index (χ3v) is 4.34. The van der Waals surface area contributed by atoms with Crippen LogP contribution in [0.5, 0.6) is 0 Å². The summed E-state index contributed by atoms with van der Waals surface area (Å²) in [4.78, 5) is 26.5. The number of imidazole rings is 1. The molecule has 0 aromatic carbocycles. The van der Waals surface area contributed by atoms with Gasteiger partial charge in [0, 0.05) is 20.1 Å². The highest BCUT2D eigenvalue weighted by Gasteiger charge is 2.29. The molecule has 0 saturated carbocycles. The molecule has 3 rings (SSSR count). The minimum atomic E-state index is -2.72. The number of carbonyl (C=O) groups is 1. The van der Waals surface area contributed by atoms with E-state index in [9.17, 15) is 13.6 Å². The molecule has 3 atom stereocenters. The van der Waals surface area contributed by atoms with Gasteiger partial charge in [-0.3, -0.25) is 4.79 Å². The summed E-state index contributed by atoms with van der Waals surface area (Å²) in [6, 6.07) is -0.595. The van der Waals surface area contributed by atoms with Crippen LogP contribution in [0.4, 0.5) is 14.6 Å². The predicted molar refractivity (Wildman–Crippen MR) is 90.9 cm³/mol. The van der Waals surface area contributed by atoms with E-state index >= 15 is 0 Å². The van der Waals surface area contributed by atoms with Crippen LogP contribution in [0, 0.1) is 0 Å². The van der Waals surface area contributed by atoms with Crippen molar-refractivity contribution in [1.29, 1.82) is 0 Å². The Morgan fingerprint density at radius 1 is 1.31 bits per heavy atom. The number of nitrogens with one attached hydrogen (secondary N) is 1. The van der Waals surface area contributed by atoms with Crippen molar-refractivity contribution in [3.8, 4) is 0 Å². The molecule has 0 aliphatic carbocycles. The van der Waals surface area contributed by atoms with Crippen molar-refractivity contribution in [2.75, 3.05) is 18.4 Å². The predicted octanol–water partition coefficient (Wildman–Crippen LogP) is 1.74. The number of ether oxygens (including phenoxy) is 1. The molecule has 1 aliphatic rings. The summed E-state index contributed by atoms with van der Waals surface area (Å²) in [5.41, 5.74) is 0.500. The second-order valence-corrected chi connectivity index (χ2v) is 6.59. The largest absolute Gasteiger partial charge is 0.372 e. The smallest absolute Gasteiger partial charge is 0.295 e. The number of aromatic nitrogens is 4. The van der Waals surface area contributed by atoms with Crippen LogP contribution in [-0.4, -0.2) is 61.7 Å². The number of carbonyl (C=O) groups excluding carboxylic acids is 1. The van der Waals surface area contributed by atoms with E-state index in [1.807, 2.05) is 13.8 Å². The number of nitrogens with zero attached hydrogens (tertiary/aromatic N) is 5. The summed E-state index contributed by atoms with van der Waals surface area (Å²) in [5, 5.41) is 2.99. The lowest BCUT2D eigenvalue weighted by atomic mass is 10.2. The lowest BCUT2D eigenvalue weighted by molar-refractivity contribution is -0.143. The number of hydrogen-bond acceptors (Lipinski definition) is 6. The first-order valence-corrected chi connectivity index (χ1v) is 8.44. The van der Waals surface area contributed by atoms with Crippen molar-refractivity contribution in [2.24, 2.45) is 7.05 Å². The number of fused-ring (bicyclic) bond motifs is 1. The van der Waals surface area contributed by atoms with Crippen LogP contribution in [0.2, 0.25) is 0 Å². The van der Waals surface area contributed by atoms with Gasteiger partial charge in [-0.2, -0.15) is 0 Å². The highest BCUT2D eigenvalue weighted by Crippen LogP contribution is 2.25. The number of hydrogen-bond donors (Lipinski definition) is 1. The Bertz CT molecular complexity index is 801. The van der Waals surface area contributed by atoms with E-state index in [4.69, 9.17) is 4.74 Å². The van der Waals surface area contributed by atoms with Gasteiger partial charge in [-0.05, 0) is 20.8 Å². The molecule has 0 unspecified atom stereocenters. The number of aryl methyl sites for hydroxylation is 1. The van der Waals surface area contributed by atoms with Crippen LogP contribution in [-0.2, 0) is 16.6 Å². The Morgan fingerprint density at radius 2 is 1.96 bits per heavy atom. The lowest BCUT2D eigenvalue weighted by Gasteiger charge is -2.36. The maximum Gasteiger partial charge on any atom is 0.295 e. The topological polar surface area (TPSA) is 85.2 Å². The van der Waals surface area contributed by atoms with Gasteiger partial charge >= 0.3 is 0 Å². The van der Waals surface area contributed by atoms with Gasteiger partial charge in [-0.25, -0.2) is 23.7 Å². The van der Waals surface area contributed by atoms with E-state index in [2.05, 4.69) is 20.3 Å². The first-order chi connectivity index (χ1) is 12.3. The van der Waals surface area contributed by atoms with Crippen LogP contribution in [0.3, 0.4) is 0 Å². The van der Waals surface area contributed by atoms with Gasteiger partial charge in [0.1, 0.15) is 12.4 Å². The standard InChI is InChI=1S/C16H22F2N6O2/c1-8-5-24(6-9(2)26-8)16(25)10(3)21-13-11-14(20-7-19-13)23(4)15(22-11)12(17)18/h7-10,12H,5-6H2,1-4H3,(H,19,20,21)/t8-,9+,10-/m0/s1. The van der Waals surface area contributed by atoms with Gasteiger partial charge < -0.3 is 19.5 Å².